The first-order valence-corrected chi connectivity index (χ1v) is 15.2. The zero-order valence-electron chi connectivity index (χ0n) is 25.8. The van der Waals surface area contributed by atoms with Crippen molar-refractivity contribution in [2.45, 2.75) is 70.5 Å². The van der Waals surface area contributed by atoms with Crippen molar-refractivity contribution in [2.24, 2.45) is 0 Å². The molecular formula is C37H42O8. The summed E-state index contributed by atoms with van der Waals surface area (Å²) in [4.78, 5) is 0. The first-order valence-electron chi connectivity index (χ1n) is 15.2. The van der Waals surface area contributed by atoms with Crippen LogP contribution in [0.3, 0.4) is 0 Å². The van der Waals surface area contributed by atoms with Gasteiger partial charge in [-0.15, -0.1) is 0 Å². The molecule has 0 radical (unpaired) electrons. The Balaban J connectivity index is 1.03. The van der Waals surface area contributed by atoms with Gasteiger partial charge in [0.1, 0.15) is 49.1 Å². The van der Waals surface area contributed by atoms with Crippen LogP contribution in [-0.4, -0.2) is 53.6 Å². The van der Waals surface area contributed by atoms with Crippen LogP contribution in [0.2, 0.25) is 0 Å². The van der Waals surface area contributed by atoms with Crippen LogP contribution < -0.4 is 9.47 Å². The van der Waals surface area contributed by atoms with Gasteiger partial charge >= 0.3 is 0 Å². The standard InChI is InChI=1S/C37H42O8/c1-37(2)44-35(33(38)25-40-21-29-13-17-31(18-14-29)42-23-27-9-5-3-6-10-27)36(45-37)34(39)26-41-22-30-15-19-32(20-16-30)43-24-28-11-7-4-8-12-28/h3-20,33-36,38-39H,21-26H2,1-2H3/t33-,34-,35-,36-/m1/s1. The average molecular weight is 615 g/mol. The van der Waals surface area contributed by atoms with Crippen LogP contribution in [0.4, 0.5) is 0 Å². The first-order chi connectivity index (χ1) is 21.8. The minimum atomic E-state index is -1.01. The smallest absolute Gasteiger partial charge is 0.164 e. The Labute approximate surface area is 265 Å². The maximum atomic E-state index is 10.9. The summed E-state index contributed by atoms with van der Waals surface area (Å²) in [6, 6.07) is 35.3. The molecule has 0 aliphatic carbocycles. The summed E-state index contributed by atoms with van der Waals surface area (Å²) in [5, 5.41) is 21.9. The van der Waals surface area contributed by atoms with E-state index in [1.165, 1.54) is 0 Å². The van der Waals surface area contributed by atoms with Gasteiger partial charge in [-0.05, 0) is 60.4 Å². The van der Waals surface area contributed by atoms with Crippen LogP contribution in [0.25, 0.3) is 0 Å². The highest BCUT2D eigenvalue weighted by molar-refractivity contribution is 5.28. The SMILES string of the molecule is CC1(C)O[C@H]([C@H](O)COCc2ccc(OCc3ccccc3)cc2)[C@@H]([C@H](O)COCc2ccc(OCc3ccccc3)cc2)O1. The van der Waals surface area contributed by atoms with Gasteiger partial charge in [-0.1, -0.05) is 84.9 Å². The van der Waals surface area contributed by atoms with Crippen molar-refractivity contribution in [3.8, 4) is 11.5 Å². The molecule has 238 valence electrons. The summed E-state index contributed by atoms with van der Waals surface area (Å²) >= 11 is 0. The summed E-state index contributed by atoms with van der Waals surface area (Å²) in [6.45, 7) is 5.14. The molecular weight excluding hydrogens is 572 g/mol. The molecule has 1 heterocycles. The van der Waals surface area contributed by atoms with Crippen LogP contribution in [0.5, 0.6) is 11.5 Å². The largest absolute Gasteiger partial charge is 0.489 e. The zero-order valence-corrected chi connectivity index (χ0v) is 25.8. The second-order valence-electron chi connectivity index (χ2n) is 11.6. The highest BCUT2D eigenvalue weighted by Crippen LogP contribution is 2.32. The zero-order chi connectivity index (χ0) is 31.5. The van der Waals surface area contributed by atoms with Crippen LogP contribution >= 0.6 is 0 Å². The number of rotatable bonds is 16. The van der Waals surface area contributed by atoms with E-state index in [1.807, 2.05) is 109 Å². The molecule has 0 saturated carbocycles. The fraction of sp³-hybridized carbons (Fsp3) is 0.351. The second-order valence-corrected chi connectivity index (χ2v) is 11.6. The van der Waals surface area contributed by atoms with E-state index in [4.69, 9.17) is 28.4 Å². The van der Waals surface area contributed by atoms with Gasteiger partial charge in [0, 0.05) is 0 Å². The average Bonchev–Trinajstić information content (AvgIpc) is 3.40. The normalized spacial score (nSPS) is 18.8. The summed E-state index contributed by atoms with van der Waals surface area (Å²) in [5.74, 6) is 0.568. The molecule has 0 amide bonds. The monoisotopic (exact) mass is 614 g/mol. The Kier molecular flexibility index (Phi) is 11.6. The molecule has 0 spiro atoms. The maximum Gasteiger partial charge on any atom is 0.164 e. The third-order valence-corrected chi connectivity index (χ3v) is 7.38. The highest BCUT2D eigenvalue weighted by Gasteiger charge is 2.48. The van der Waals surface area contributed by atoms with E-state index < -0.39 is 30.2 Å². The molecule has 4 atom stereocenters. The Morgan fingerprint density at radius 3 is 1.27 bits per heavy atom. The molecule has 1 aliphatic rings. The molecule has 45 heavy (non-hydrogen) atoms. The molecule has 2 N–H and O–H groups in total. The topological polar surface area (TPSA) is 95.8 Å². The third-order valence-electron chi connectivity index (χ3n) is 7.38. The van der Waals surface area contributed by atoms with Crippen molar-refractivity contribution in [1.29, 1.82) is 0 Å². The molecule has 8 heteroatoms. The summed E-state index contributed by atoms with van der Waals surface area (Å²) in [6.07, 6.45) is -3.59. The Hall–Kier alpha value is -3.76. The van der Waals surface area contributed by atoms with Crippen LogP contribution in [0.1, 0.15) is 36.1 Å². The van der Waals surface area contributed by atoms with Gasteiger partial charge in [0.2, 0.25) is 0 Å². The van der Waals surface area contributed by atoms with Gasteiger partial charge in [-0.3, -0.25) is 0 Å². The first kappa shape index (κ1) is 32.6. The van der Waals surface area contributed by atoms with E-state index >= 15 is 0 Å². The van der Waals surface area contributed by atoms with Crippen molar-refractivity contribution in [3.05, 3.63) is 131 Å². The Bertz CT molecular complexity index is 1300. The second kappa shape index (κ2) is 16.0. The van der Waals surface area contributed by atoms with Crippen LogP contribution in [0.15, 0.2) is 109 Å². The van der Waals surface area contributed by atoms with Crippen molar-refractivity contribution < 1.29 is 38.6 Å². The predicted octanol–water partition coefficient (Wildman–Crippen LogP) is 5.82. The molecule has 0 bridgehead atoms. The van der Waals surface area contributed by atoms with Gasteiger partial charge < -0.3 is 38.6 Å². The van der Waals surface area contributed by atoms with Gasteiger partial charge in [-0.2, -0.15) is 0 Å². The van der Waals surface area contributed by atoms with E-state index in [9.17, 15) is 10.2 Å². The van der Waals surface area contributed by atoms with Crippen molar-refractivity contribution in [3.63, 3.8) is 0 Å². The number of benzene rings is 4. The molecule has 4 aromatic rings. The minimum Gasteiger partial charge on any atom is -0.489 e. The predicted molar refractivity (Wildman–Crippen MR) is 170 cm³/mol. The Morgan fingerprint density at radius 1 is 0.533 bits per heavy atom. The quantitative estimate of drug-likeness (QED) is 0.163. The molecule has 1 fully saturated rings. The third kappa shape index (κ3) is 10.1. The summed E-state index contributed by atoms with van der Waals surface area (Å²) < 4.78 is 35.2. The number of hydrogen-bond acceptors (Lipinski definition) is 8. The lowest BCUT2D eigenvalue weighted by atomic mass is 10.0. The number of ether oxygens (including phenoxy) is 6. The van der Waals surface area contributed by atoms with Gasteiger partial charge in [0.05, 0.1) is 26.4 Å². The van der Waals surface area contributed by atoms with Crippen LogP contribution in [0, 0.1) is 0 Å². The number of hydrogen-bond donors (Lipinski definition) is 2. The molecule has 0 unspecified atom stereocenters. The molecule has 4 aromatic carbocycles. The summed E-state index contributed by atoms with van der Waals surface area (Å²) in [5.41, 5.74) is 4.09. The minimum absolute atomic E-state index is 0.0130. The lowest BCUT2D eigenvalue weighted by Gasteiger charge is -2.25. The summed E-state index contributed by atoms with van der Waals surface area (Å²) in [7, 11) is 0. The molecule has 1 saturated heterocycles. The van der Waals surface area contributed by atoms with E-state index in [0.717, 1.165) is 33.8 Å². The van der Waals surface area contributed by atoms with Gasteiger partial charge in [0.25, 0.3) is 0 Å². The fourth-order valence-corrected chi connectivity index (χ4v) is 5.04. The lowest BCUT2D eigenvalue weighted by Crippen LogP contribution is -2.45. The highest BCUT2D eigenvalue weighted by atomic mass is 16.8. The van der Waals surface area contributed by atoms with E-state index in [2.05, 4.69) is 0 Å². The fourth-order valence-electron chi connectivity index (χ4n) is 5.04. The Morgan fingerprint density at radius 2 is 0.889 bits per heavy atom. The van der Waals surface area contributed by atoms with Crippen LogP contribution in [-0.2, 0) is 45.4 Å². The molecule has 0 aromatic heterocycles. The molecule has 1 aliphatic heterocycles. The van der Waals surface area contributed by atoms with E-state index in [-0.39, 0.29) is 13.2 Å². The van der Waals surface area contributed by atoms with Crippen molar-refractivity contribution >= 4 is 0 Å². The van der Waals surface area contributed by atoms with Gasteiger partial charge in [-0.25, -0.2) is 0 Å². The molecule has 5 rings (SSSR count). The van der Waals surface area contributed by atoms with Gasteiger partial charge in [0.15, 0.2) is 5.79 Å². The maximum absolute atomic E-state index is 10.9. The number of aliphatic hydroxyl groups excluding tert-OH is 2. The van der Waals surface area contributed by atoms with E-state index in [0.29, 0.717) is 26.4 Å². The van der Waals surface area contributed by atoms with Crippen molar-refractivity contribution in [2.75, 3.05) is 13.2 Å². The number of aliphatic hydroxyl groups is 2. The van der Waals surface area contributed by atoms with Crippen molar-refractivity contribution in [1.82, 2.24) is 0 Å². The van der Waals surface area contributed by atoms with E-state index in [1.54, 1.807) is 13.8 Å². The molecule has 8 nitrogen and oxygen atoms in total. The lowest BCUT2D eigenvalue weighted by molar-refractivity contribution is -0.165.